The number of nitrogens with zero attached hydrogens (tertiary/aromatic N) is 1. The number of ether oxygens (including phenoxy) is 1. The maximum absolute atomic E-state index is 13.8. The van der Waals surface area contributed by atoms with Crippen molar-refractivity contribution in [3.63, 3.8) is 0 Å². The highest BCUT2D eigenvalue weighted by atomic mass is 32.1. The SMILES string of the molecule is CCCCN(C(=O)C(CS)NC(=O)OC(C)(C)C)C(C(=O)NC1CCCCC1)c1ccccc1C. The minimum atomic E-state index is -0.918. The van der Waals surface area contributed by atoms with E-state index in [2.05, 4.69) is 23.3 Å². The Kier molecular flexibility index (Phi) is 11.4. The van der Waals surface area contributed by atoms with Crippen molar-refractivity contribution in [2.75, 3.05) is 12.3 Å². The molecule has 1 aliphatic rings. The fourth-order valence-corrected chi connectivity index (χ4v) is 4.65. The first-order chi connectivity index (χ1) is 16.6. The van der Waals surface area contributed by atoms with Gasteiger partial charge >= 0.3 is 6.09 Å². The first kappa shape index (κ1) is 29.0. The molecule has 1 aromatic carbocycles. The minimum Gasteiger partial charge on any atom is -0.444 e. The van der Waals surface area contributed by atoms with Gasteiger partial charge in [-0.2, -0.15) is 12.6 Å². The summed E-state index contributed by atoms with van der Waals surface area (Å²) in [4.78, 5) is 41.6. The normalized spacial score (nSPS) is 16.2. The Morgan fingerprint density at radius 3 is 2.37 bits per heavy atom. The summed E-state index contributed by atoms with van der Waals surface area (Å²) in [5.74, 6) is -0.428. The number of hydrogen-bond donors (Lipinski definition) is 3. The van der Waals surface area contributed by atoms with E-state index in [9.17, 15) is 14.4 Å². The van der Waals surface area contributed by atoms with E-state index in [1.165, 1.54) is 6.42 Å². The molecule has 2 atom stereocenters. The summed E-state index contributed by atoms with van der Waals surface area (Å²) >= 11 is 4.34. The number of benzene rings is 1. The lowest BCUT2D eigenvalue weighted by atomic mass is 9.93. The van der Waals surface area contributed by atoms with Gasteiger partial charge < -0.3 is 20.3 Å². The van der Waals surface area contributed by atoms with Gasteiger partial charge in [-0.15, -0.1) is 0 Å². The molecule has 0 aliphatic heterocycles. The van der Waals surface area contributed by atoms with Gasteiger partial charge in [0.2, 0.25) is 11.8 Å². The average molecular weight is 506 g/mol. The van der Waals surface area contributed by atoms with E-state index < -0.39 is 23.8 Å². The van der Waals surface area contributed by atoms with E-state index in [0.29, 0.717) is 6.54 Å². The van der Waals surface area contributed by atoms with Crippen LogP contribution in [-0.2, 0) is 14.3 Å². The van der Waals surface area contributed by atoms with Crippen LogP contribution in [0.15, 0.2) is 24.3 Å². The van der Waals surface area contributed by atoms with E-state index in [1.54, 1.807) is 25.7 Å². The van der Waals surface area contributed by atoms with Crippen LogP contribution in [0.25, 0.3) is 0 Å². The van der Waals surface area contributed by atoms with Gasteiger partial charge in [-0.05, 0) is 58.1 Å². The van der Waals surface area contributed by atoms with Crippen LogP contribution >= 0.6 is 12.6 Å². The molecule has 0 aromatic heterocycles. The third-order valence-corrected chi connectivity index (χ3v) is 6.57. The Labute approximate surface area is 216 Å². The van der Waals surface area contributed by atoms with Gasteiger partial charge in [-0.3, -0.25) is 9.59 Å². The number of alkyl carbamates (subject to hydrolysis) is 1. The van der Waals surface area contributed by atoms with Crippen LogP contribution in [0, 0.1) is 6.92 Å². The summed E-state index contributed by atoms with van der Waals surface area (Å²) < 4.78 is 5.36. The highest BCUT2D eigenvalue weighted by molar-refractivity contribution is 7.80. The second-order valence-corrected chi connectivity index (χ2v) is 10.7. The lowest BCUT2D eigenvalue weighted by Gasteiger charge is -2.36. The van der Waals surface area contributed by atoms with Crippen LogP contribution in [-0.4, -0.2) is 52.8 Å². The van der Waals surface area contributed by atoms with Gasteiger partial charge in [0, 0.05) is 18.3 Å². The van der Waals surface area contributed by atoms with Crippen molar-refractivity contribution >= 4 is 30.5 Å². The molecule has 2 rings (SSSR count). The predicted octanol–water partition coefficient (Wildman–Crippen LogP) is 4.94. The molecule has 2 unspecified atom stereocenters. The molecule has 8 heteroatoms. The van der Waals surface area contributed by atoms with Crippen LogP contribution in [0.3, 0.4) is 0 Å². The topological polar surface area (TPSA) is 87.7 Å². The lowest BCUT2D eigenvalue weighted by Crippen LogP contribution is -2.54. The molecule has 7 nitrogen and oxygen atoms in total. The van der Waals surface area contributed by atoms with Gasteiger partial charge in [-0.1, -0.05) is 56.9 Å². The molecular formula is C27H43N3O4S. The Bertz CT molecular complexity index is 849. The van der Waals surface area contributed by atoms with Crippen molar-refractivity contribution in [1.82, 2.24) is 15.5 Å². The first-order valence-corrected chi connectivity index (χ1v) is 13.5. The number of thiol groups is 1. The van der Waals surface area contributed by atoms with Gasteiger partial charge in [0.05, 0.1) is 0 Å². The number of rotatable bonds is 10. The highest BCUT2D eigenvalue weighted by Crippen LogP contribution is 2.27. The summed E-state index contributed by atoms with van der Waals surface area (Å²) in [5, 5.41) is 5.88. The van der Waals surface area contributed by atoms with Crippen molar-refractivity contribution in [1.29, 1.82) is 0 Å². The second kappa shape index (κ2) is 13.8. The molecule has 2 N–H and O–H groups in total. The molecule has 35 heavy (non-hydrogen) atoms. The average Bonchev–Trinajstić information content (AvgIpc) is 2.80. The molecule has 0 spiro atoms. The monoisotopic (exact) mass is 505 g/mol. The number of hydrogen-bond acceptors (Lipinski definition) is 5. The molecule has 196 valence electrons. The van der Waals surface area contributed by atoms with Crippen LogP contribution in [0.4, 0.5) is 4.79 Å². The highest BCUT2D eigenvalue weighted by Gasteiger charge is 2.37. The van der Waals surface area contributed by atoms with Crippen LogP contribution < -0.4 is 10.6 Å². The molecule has 1 saturated carbocycles. The summed E-state index contributed by atoms with van der Waals surface area (Å²) in [7, 11) is 0. The molecule has 3 amide bonds. The van der Waals surface area contributed by atoms with Gasteiger partial charge in [0.15, 0.2) is 0 Å². The quantitative estimate of drug-likeness (QED) is 0.393. The van der Waals surface area contributed by atoms with Crippen molar-refractivity contribution in [2.45, 2.75) is 103 Å². The Morgan fingerprint density at radius 1 is 1.14 bits per heavy atom. The zero-order chi connectivity index (χ0) is 26.0. The Balaban J connectivity index is 2.39. The van der Waals surface area contributed by atoms with E-state index >= 15 is 0 Å². The summed E-state index contributed by atoms with van der Waals surface area (Å²) in [6.07, 6.45) is 6.20. The fourth-order valence-electron chi connectivity index (χ4n) is 4.40. The number of aryl methyl sites for hydroxylation is 1. The molecule has 1 aromatic rings. The molecule has 1 aliphatic carbocycles. The molecule has 0 bridgehead atoms. The van der Waals surface area contributed by atoms with Gasteiger partial charge in [0.25, 0.3) is 0 Å². The van der Waals surface area contributed by atoms with Crippen molar-refractivity contribution in [3.05, 3.63) is 35.4 Å². The van der Waals surface area contributed by atoms with E-state index in [1.807, 2.05) is 38.1 Å². The lowest BCUT2D eigenvalue weighted by molar-refractivity contribution is -0.142. The summed E-state index contributed by atoms with van der Waals surface area (Å²) in [6, 6.07) is 6.08. The maximum atomic E-state index is 13.8. The molecular weight excluding hydrogens is 462 g/mol. The number of amides is 3. The summed E-state index contributed by atoms with van der Waals surface area (Å²) in [5.41, 5.74) is 1.04. The fraction of sp³-hybridized carbons (Fsp3) is 0.667. The van der Waals surface area contributed by atoms with E-state index in [0.717, 1.165) is 49.7 Å². The minimum absolute atomic E-state index is 0.0887. The smallest absolute Gasteiger partial charge is 0.408 e. The second-order valence-electron chi connectivity index (χ2n) is 10.4. The third kappa shape index (κ3) is 9.06. The number of carbonyl (C=O) groups is 3. The van der Waals surface area contributed by atoms with Crippen LogP contribution in [0.2, 0.25) is 0 Å². The zero-order valence-electron chi connectivity index (χ0n) is 21.9. The van der Waals surface area contributed by atoms with Crippen molar-refractivity contribution < 1.29 is 19.1 Å². The van der Waals surface area contributed by atoms with Crippen molar-refractivity contribution in [3.8, 4) is 0 Å². The van der Waals surface area contributed by atoms with Crippen molar-refractivity contribution in [2.24, 2.45) is 0 Å². The number of carbonyl (C=O) groups excluding carboxylic acids is 3. The standard InChI is InChI=1S/C27H43N3O4S/c1-6-7-17-30(25(32)22(18-35)29-26(33)34-27(3,4)5)23(21-16-12-11-13-19(21)2)24(31)28-20-14-9-8-10-15-20/h11-13,16,20,22-23,35H,6-10,14-15,17-18H2,1-5H3,(H,28,31)(H,29,33). The predicted molar refractivity (Wildman–Crippen MR) is 143 cm³/mol. The van der Waals surface area contributed by atoms with Crippen LogP contribution in [0.1, 0.15) is 89.8 Å². The molecule has 1 fully saturated rings. The third-order valence-electron chi connectivity index (χ3n) is 6.20. The largest absolute Gasteiger partial charge is 0.444 e. The Hall–Kier alpha value is -2.22. The summed E-state index contributed by atoms with van der Waals surface area (Å²) in [6.45, 7) is 9.69. The first-order valence-electron chi connectivity index (χ1n) is 12.8. The Morgan fingerprint density at radius 2 is 1.80 bits per heavy atom. The van der Waals surface area contributed by atoms with E-state index in [4.69, 9.17) is 4.74 Å². The van der Waals surface area contributed by atoms with E-state index in [-0.39, 0.29) is 23.6 Å². The molecule has 0 heterocycles. The number of nitrogens with one attached hydrogen (secondary N) is 2. The molecule has 0 saturated heterocycles. The maximum Gasteiger partial charge on any atom is 0.408 e. The number of unbranched alkanes of at least 4 members (excludes halogenated alkanes) is 1. The van der Waals surface area contributed by atoms with Crippen LogP contribution in [0.5, 0.6) is 0 Å². The van der Waals surface area contributed by atoms with Gasteiger partial charge in [-0.25, -0.2) is 4.79 Å². The molecule has 0 radical (unpaired) electrons. The van der Waals surface area contributed by atoms with Gasteiger partial charge in [0.1, 0.15) is 17.7 Å². The zero-order valence-corrected chi connectivity index (χ0v) is 22.8.